The van der Waals surface area contributed by atoms with Crippen molar-refractivity contribution in [1.29, 1.82) is 0 Å². The average Bonchev–Trinajstić information content (AvgIpc) is 3.52. The van der Waals surface area contributed by atoms with Gasteiger partial charge in [0, 0.05) is 26.7 Å². The van der Waals surface area contributed by atoms with Crippen LogP contribution in [0.15, 0.2) is 23.2 Å². The smallest absolute Gasteiger partial charge is 0.346 e. The number of nitrogens with zero attached hydrogens (tertiary/aromatic N) is 3. The van der Waals surface area contributed by atoms with Crippen molar-refractivity contribution in [3.63, 3.8) is 0 Å². The number of amides is 3. The molecule has 3 amide bonds. The SMILES string of the molecule is CC1(C)Oc2cccc(C(=O)NC3C[N+]4=C(N)N[C@@H](CN5C(=O)CCC5=O)C5N=C(N)NC54C3(O)O)c2O1. The molecule has 5 aliphatic rings. The van der Waals surface area contributed by atoms with E-state index in [0.717, 1.165) is 4.90 Å². The number of rotatable bonds is 4. The van der Waals surface area contributed by atoms with Crippen LogP contribution in [0.25, 0.3) is 0 Å². The minimum Gasteiger partial charge on any atom is -0.449 e. The van der Waals surface area contributed by atoms with Gasteiger partial charge in [-0.25, -0.2) is 9.57 Å². The Bertz CT molecular complexity index is 1320. The summed E-state index contributed by atoms with van der Waals surface area (Å²) in [5, 5.41) is 31.8. The van der Waals surface area contributed by atoms with Crippen molar-refractivity contribution in [2.45, 2.75) is 62.1 Å². The quantitative estimate of drug-likeness (QED) is 0.115. The zero-order valence-corrected chi connectivity index (χ0v) is 20.7. The highest BCUT2D eigenvalue weighted by molar-refractivity contribution is 6.02. The van der Waals surface area contributed by atoms with Crippen molar-refractivity contribution in [2.24, 2.45) is 16.5 Å². The van der Waals surface area contributed by atoms with Crippen LogP contribution in [-0.2, 0) is 9.59 Å². The molecule has 0 bridgehead atoms. The third-order valence-corrected chi connectivity index (χ3v) is 7.63. The van der Waals surface area contributed by atoms with Crippen molar-refractivity contribution < 1.29 is 38.6 Å². The first-order valence-electron chi connectivity index (χ1n) is 12.2. The number of nitrogens with two attached hydrogens (primary N) is 2. The first kappa shape index (κ1) is 24.2. The van der Waals surface area contributed by atoms with E-state index in [2.05, 4.69) is 20.9 Å². The number of benzene rings is 1. The summed E-state index contributed by atoms with van der Waals surface area (Å²) in [7, 11) is 0. The van der Waals surface area contributed by atoms with Gasteiger partial charge in [-0.1, -0.05) is 6.07 Å². The van der Waals surface area contributed by atoms with Gasteiger partial charge in [-0.2, -0.15) is 0 Å². The molecular weight excluding hydrogens is 500 g/mol. The molecule has 38 heavy (non-hydrogen) atoms. The monoisotopic (exact) mass is 529 g/mol. The molecule has 15 heteroatoms. The first-order chi connectivity index (χ1) is 17.8. The number of aliphatic hydroxyl groups is 2. The van der Waals surface area contributed by atoms with E-state index in [9.17, 15) is 24.6 Å². The van der Waals surface area contributed by atoms with Crippen LogP contribution in [0.4, 0.5) is 0 Å². The maximum absolute atomic E-state index is 13.4. The van der Waals surface area contributed by atoms with E-state index < -0.39 is 41.3 Å². The summed E-state index contributed by atoms with van der Waals surface area (Å²) >= 11 is 0. The fraction of sp³-hybridized carbons (Fsp3) is 0.522. The molecule has 0 radical (unpaired) electrons. The molecule has 4 atom stereocenters. The molecule has 9 N–H and O–H groups in total. The average molecular weight is 530 g/mol. The van der Waals surface area contributed by atoms with Gasteiger partial charge < -0.3 is 36.1 Å². The third kappa shape index (κ3) is 3.24. The molecule has 2 saturated heterocycles. The van der Waals surface area contributed by atoms with Gasteiger partial charge in [0.05, 0.1) is 18.7 Å². The second kappa shape index (κ2) is 7.70. The lowest BCUT2D eigenvalue weighted by Gasteiger charge is -2.44. The molecule has 6 rings (SSSR count). The summed E-state index contributed by atoms with van der Waals surface area (Å²) in [6.45, 7) is 3.18. The Balaban J connectivity index is 1.31. The van der Waals surface area contributed by atoms with E-state index in [1.54, 1.807) is 26.0 Å². The molecule has 0 aromatic heterocycles. The molecule has 0 saturated carbocycles. The number of likely N-dealkylation sites (tertiary alicyclic amines) is 1. The zero-order valence-electron chi connectivity index (χ0n) is 20.7. The van der Waals surface area contributed by atoms with E-state index in [-0.39, 0.29) is 61.0 Å². The van der Waals surface area contributed by atoms with E-state index in [0.29, 0.717) is 5.75 Å². The van der Waals surface area contributed by atoms with E-state index >= 15 is 0 Å². The summed E-state index contributed by atoms with van der Waals surface area (Å²) in [5.74, 6) is -4.36. The van der Waals surface area contributed by atoms with Crippen LogP contribution < -0.4 is 36.9 Å². The van der Waals surface area contributed by atoms with Crippen LogP contribution >= 0.6 is 0 Å². The summed E-state index contributed by atoms with van der Waals surface area (Å²) < 4.78 is 12.9. The van der Waals surface area contributed by atoms with Crippen LogP contribution in [0.3, 0.4) is 0 Å². The number of guanidine groups is 2. The van der Waals surface area contributed by atoms with Gasteiger partial charge in [-0.3, -0.25) is 30.3 Å². The van der Waals surface area contributed by atoms with E-state index in [1.165, 1.54) is 10.6 Å². The van der Waals surface area contributed by atoms with Gasteiger partial charge in [0.1, 0.15) is 18.1 Å². The number of fused-ring (bicyclic) bond motifs is 1. The molecule has 1 spiro atoms. The molecule has 3 unspecified atom stereocenters. The summed E-state index contributed by atoms with van der Waals surface area (Å²) in [4.78, 5) is 43.4. The number of carbonyl (C=O) groups is 3. The van der Waals surface area contributed by atoms with Crippen molar-refractivity contribution in [3.05, 3.63) is 23.8 Å². The standard InChI is InChI=1S/C23H28N8O7/c1-21(2)37-12-5-3-4-10(16(12)38-21)18(34)27-13-9-31-20(25)26-11(8-30-14(32)6-7-15(30)33)17-22(31,23(13,35)36)29-19(24)28-17/h3-5,11,13,17,35-36H,6-9H2,1-2H3,(H6,24,25,26,27,28,29,34)/p+1/t11-,13?,17?,22?/m0/s1. The largest absolute Gasteiger partial charge is 0.449 e. The number of ether oxygens (including phenoxy) is 2. The number of hydrogen-bond donors (Lipinski definition) is 7. The normalized spacial score (nSPS) is 31.9. The van der Waals surface area contributed by atoms with Crippen LogP contribution in [0.5, 0.6) is 11.5 Å². The van der Waals surface area contributed by atoms with Gasteiger partial charge in [0.15, 0.2) is 17.5 Å². The summed E-state index contributed by atoms with van der Waals surface area (Å²) in [6.07, 6.45) is 0.201. The Kier molecular flexibility index (Phi) is 4.91. The maximum Gasteiger partial charge on any atom is 0.346 e. The lowest BCUT2D eigenvalue weighted by molar-refractivity contribution is -0.623. The van der Waals surface area contributed by atoms with Crippen molar-refractivity contribution in [2.75, 3.05) is 13.1 Å². The Morgan fingerprint density at radius 1 is 1.24 bits per heavy atom. The number of hydrogen-bond acceptors (Lipinski definition) is 12. The van der Waals surface area contributed by atoms with Crippen LogP contribution in [0, 0.1) is 0 Å². The van der Waals surface area contributed by atoms with Gasteiger partial charge in [0.25, 0.3) is 5.91 Å². The Labute approximate surface area is 216 Å². The van der Waals surface area contributed by atoms with Gasteiger partial charge in [0.2, 0.25) is 29.1 Å². The number of imide groups is 1. The highest BCUT2D eigenvalue weighted by atomic mass is 16.7. The predicted octanol–water partition coefficient (Wildman–Crippen LogP) is -3.58. The van der Waals surface area contributed by atoms with Crippen molar-refractivity contribution >= 4 is 29.6 Å². The van der Waals surface area contributed by atoms with Crippen LogP contribution in [0.1, 0.15) is 37.0 Å². The second-order valence-corrected chi connectivity index (χ2v) is 10.5. The number of carbonyl (C=O) groups excluding carboxylic acids is 3. The molecule has 0 aliphatic carbocycles. The van der Waals surface area contributed by atoms with E-state index in [1.807, 2.05) is 0 Å². The fourth-order valence-electron chi connectivity index (χ4n) is 5.98. The fourth-order valence-corrected chi connectivity index (χ4v) is 5.98. The predicted molar refractivity (Wildman–Crippen MR) is 129 cm³/mol. The lowest BCUT2D eigenvalue weighted by atomic mass is 9.85. The van der Waals surface area contributed by atoms with Crippen LogP contribution in [0.2, 0.25) is 0 Å². The highest BCUT2D eigenvalue weighted by Crippen LogP contribution is 2.44. The number of aliphatic imine (C=N–C) groups is 1. The lowest BCUT2D eigenvalue weighted by Crippen LogP contribution is -2.79. The summed E-state index contributed by atoms with van der Waals surface area (Å²) in [5.41, 5.74) is 10.7. The van der Waals surface area contributed by atoms with Crippen molar-refractivity contribution in [3.8, 4) is 11.5 Å². The molecule has 1 aromatic rings. The van der Waals surface area contributed by atoms with Gasteiger partial charge in [-0.15, -0.1) is 0 Å². The molecular formula is C23H29N8O7+. The minimum atomic E-state index is -2.66. The van der Waals surface area contributed by atoms with Gasteiger partial charge in [-0.05, 0) is 12.1 Å². The molecule has 1 aromatic carbocycles. The van der Waals surface area contributed by atoms with Crippen molar-refractivity contribution in [1.82, 2.24) is 20.9 Å². The zero-order chi connectivity index (χ0) is 27.2. The van der Waals surface area contributed by atoms with Crippen LogP contribution in [-0.4, -0.2) is 97.8 Å². The minimum absolute atomic E-state index is 0.0334. The highest BCUT2D eigenvalue weighted by Gasteiger charge is 2.75. The molecule has 5 aliphatic heterocycles. The second-order valence-electron chi connectivity index (χ2n) is 10.5. The van der Waals surface area contributed by atoms with E-state index in [4.69, 9.17) is 20.9 Å². The summed E-state index contributed by atoms with van der Waals surface area (Å²) in [6, 6.07) is 1.78. The first-order valence-corrected chi connectivity index (χ1v) is 12.2. The topological polar surface area (TPSA) is 217 Å². The Morgan fingerprint density at radius 2 is 1.95 bits per heavy atom. The van der Waals surface area contributed by atoms with Gasteiger partial charge >= 0.3 is 5.96 Å². The number of nitrogens with one attached hydrogen (secondary N) is 3. The number of para-hydroxylation sites is 1. The maximum atomic E-state index is 13.4. The Morgan fingerprint density at radius 3 is 2.66 bits per heavy atom. The third-order valence-electron chi connectivity index (χ3n) is 7.63. The molecule has 5 heterocycles. The molecule has 202 valence electrons. The molecule has 15 nitrogen and oxygen atoms in total. The Hall–Kier alpha value is -4.11. The molecule has 2 fully saturated rings.